The smallest absolute Gasteiger partial charge is 0.290 e. The molecule has 188 valence electrons. The molecular weight excluding hydrogens is 493 g/mol. The Morgan fingerprint density at radius 1 is 1.26 bits per heavy atom. The number of aromatic nitrogens is 2. The van der Waals surface area contributed by atoms with Gasteiger partial charge in [0.1, 0.15) is 11.9 Å². The molecule has 3 aromatic rings. The molecule has 0 saturated carbocycles. The van der Waals surface area contributed by atoms with Crippen LogP contribution < -0.4 is 4.74 Å². The van der Waals surface area contributed by atoms with Gasteiger partial charge in [-0.1, -0.05) is 30.3 Å². The van der Waals surface area contributed by atoms with Crippen LogP contribution in [0.25, 0.3) is 0 Å². The van der Waals surface area contributed by atoms with Crippen LogP contribution in [0.2, 0.25) is 0 Å². The summed E-state index contributed by atoms with van der Waals surface area (Å²) in [5.74, 6) is -0.935. The number of benzene rings is 1. The Bertz CT molecular complexity index is 1200. The number of likely N-dealkylation sites (tertiary alicyclic amines) is 1. The molecule has 1 aliphatic heterocycles. The predicted octanol–water partition coefficient (Wildman–Crippen LogP) is 4.26. The Labute approximate surface area is 208 Å². The zero-order chi connectivity index (χ0) is 25.4. The number of carbonyl (C=O) groups is 1. The quantitative estimate of drug-likeness (QED) is 0.459. The Kier molecular flexibility index (Phi) is 9.30. The summed E-state index contributed by atoms with van der Waals surface area (Å²) in [4.78, 5) is 18.7. The fourth-order valence-corrected chi connectivity index (χ4v) is 5.94. The first-order valence-corrected chi connectivity index (χ1v) is 13.6. The van der Waals surface area contributed by atoms with Crippen LogP contribution in [0.5, 0.6) is 5.75 Å². The van der Waals surface area contributed by atoms with Gasteiger partial charge in [0.05, 0.1) is 23.2 Å². The van der Waals surface area contributed by atoms with Gasteiger partial charge in [-0.05, 0) is 32.3 Å². The van der Waals surface area contributed by atoms with Crippen LogP contribution in [0.3, 0.4) is 0 Å². The number of halogens is 1. The molecule has 1 saturated heterocycles. The van der Waals surface area contributed by atoms with Gasteiger partial charge in [0.2, 0.25) is 9.84 Å². The second-order valence-electron chi connectivity index (χ2n) is 8.15. The van der Waals surface area contributed by atoms with Crippen LogP contribution in [0.15, 0.2) is 52.4 Å². The number of hydrogen-bond acceptors (Lipinski definition) is 8. The predicted molar refractivity (Wildman–Crippen MR) is 131 cm³/mol. The molecule has 1 atom stereocenters. The van der Waals surface area contributed by atoms with E-state index in [0.29, 0.717) is 17.5 Å². The third-order valence-corrected chi connectivity index (χ3v) is 8.09. The molecule has 1 aliphatic rings. The van der Waals surface area contributed by atoms with Crippen molar-refractivity contribution in [2.24, 2.45) is 0 Å². The van der Waals surface area contributed by atoms with E-state index in [4.69, 9.17) is 14.6 Å². The van der Waals surface area contributed by atoms with Gasteiger partial charge in [0.25, 0.3) is 6.47 Å². The van der Waals surface area contributed by atoms with E-state index in [2.05, 4.69) is 33.9 Å². The van der Waals surface area contributed by atoms with Crippen LogP contribution in [0.1, 0.15) is 42.6 Å². The van der Waals surface area contributed by atoms with Gasteiger partial charge in [-0.15, -0.1) is 11.3 Å². The lowest BCUT2D eigenvalue weighted by molar-refractivity contribution is -0.122. The molecule has 4 rings (SSSR count). The van der Waals surface area contributed by atoms with Crippen molar-refractivity contribution in [2.45, 2.75) is 49.6 Å². The first kappa shape index (κ1) is 26.7. The molecule has 1 fully saturated rings. The minimum atomic E-state index is -3.93. The molecule has 0 bridgehead atoms. The summed E-state index contributed by atoms with van der Waals surface area (Å²) in [6.07, 6.45) is 2.88. The van der Waals surface area contributed by atoms with Crippen LogP contribution in [-0.4, -0.2) is 54.1 Å². The second kappa shape index (κ2) is 12.2. The molecule has 11 heteroatoms. The first-order valence-electron chi connectivity index (χ1n) is 11.0. The van der Waals surface area contributed by atoms with Gasteiger partial charge in [0.15, 0.2) is 10.8 Å². The lowest BCUT2D eigenvalue weighted by Gasteiger charge is -2.36. The molecule has 8 nitrogen and oxygen atoms in total. The lowest BCUT2D eigenvalue weighted by atomic mass is 10.0. The lowest BCUT2D eigenvalue weighted by Crippen LogP contribution is -2.39. The SMILES string of the molecule is Cc1c(OC2CCN([C@H](C)c3ccccc3)CC2)cnc(S(=O)(=O)Cc2cscn2)c1F.O=CO. The third-order valence-electron chi connectivity index (χ3n) is 5.90. The van der Waals surface area contributed by atoms with Crippen LogP contribution in [0.4, 0.5) is 4.39 Å². The molecule has 0 aliphatic carbocycles. The topological polar surface area (TPSA) is 110 Å². The highest BCUT2D eigenvalue weighted by atomic mass is 32.2. The first-order chi connectivity index (χ1) is 16.8. The molecule has 0 spiro atoms. The number of sulfone groups is 1. The van der Waals surface area contributed by atoms with E-state index in [9.17, 15) is 12.8 Å². The largest absolute Gasteiger partial charge is 0.488 e. The molecule has 0 amide bonds. The van der Waals surface area contributed by atoms with Crippen LogP contribution in [0, 0.1) is 12.7 Å². The fourth-order valence-electron chi connectivity index (χ4n) is 3.95. The monoisotopic (exact) mass is 521 g/mol. The molecule has 1 N–H and O–H groups in total. The van der Waals surface area contributed by atoms with Crippen molar-refractivity contribution >= 4 is 27.6 Å². The summed E-state index contributed by atoms with van der Waals surface area (Å²) in [5.41, 5.74) is 3.37. The van der Waals surface area contributed by atoms with Crippen molar-refractivity contribution in [3.8, 4) is 5.75 Å². The van der Waals surface area contributed by atoms with E-state index >= 15 is 0 Å². The van der Waals surface area contributed by atoms with Gasteiger partial charge in [0, 0.05) is 30.1 Å². The zero-order valence-electron chi connectivity index (χ0n) is 19.5. The number of carboxylic acid groups (broad SMARTS) is 1. The van der Waals surface area contributed by atoms with Crippen molar-refractivity contribution in [3.63, 3.8) is 0 Å². The summed E-state index contributed by atoms with van der Waals surface area (Å²) in [5, 5.41) is 7.96. The van der Waals surface area contributed by atoms with E-state index in [1.54, 1.807) is 10.9 Å². The number of thiazole rings is 1. The Morgan fingerprint density at radius 2 is 1.91 bits per heavy atom. The van der Waals surface area contributed by atoms with E-state index in [-0.39, 0.29) is 23.9 Å². The summed E-state index contributed by atoms with van der Waals surface area (Å²) >= 11 is 1.29. The number of pyridine rings is 1. The average Bonchev–Trinajstić information content (AvgIpc) is 3.35. The molecular formula is C24H28FN3O5S2. The van der Waals surface area contributed by atoms with Gasteiger partial charge >= 0.3 is 0 Å². The molecule has 1 aromatic carbocycles. The van der Waals surface area contributed by atoms with Gasteiger partial charge in [-0.25, -0.2) is 22.8 Å². The van der Waals surface area contributed by atoms with Gasteiger partial charge in [-0.2, -0.15) is 0 Å². The van der Waals surface area contributed by atoms with E-state index in [1.807, 2.05) is 18.2 Å². The summed E-state index contributed by atoms with van der Waals surface area (Å²) in [6, 6.07) is 10.7. The average molecular weight is 522 g/mol. The van der Waals surface area contributed by atoms with Crippen LogP contribution in [-0.2, 0) is 20.4 Å². The number of hydrogen-bond donors (Lipinski definition) is 1. The zero-order valence-corrected chi connectivity index (χ0v) is 21.1. The normalized spacial score (nSPS) is 15.6. The Balaban J connectivity index is 0.00000108. The maximum absolute atomic E-state index is 14.9. The Hall–Kier alpha value is -2.89. The molecule has 3 heterocycles. The minimum Gasteiger partial charge on any atom is -0.488 e. The molecule has 0 unspecified atom stereocenters. The maximum atomic E-state index is 14.9. The fraction of sp³-hybridized carbons (Fsp3) is 0.375. The summed E-state index contributed by atoms with van der Waals surface area (Å²) in [7, 11) is -3.93. The van der Waals surface area contributed by atoms with E-state index < -0.39 is 20.7 Å². The van der Waals surface area contributed by atoms with Crippen molar-refractivity contribution < 1.29 is 27.4 Å². The number of rotatable bonds is 7. The Morgan fingerprint density at radius 3 is 2.51 bits per heavy atom. The van der Waals surface area contributed by atoms with E-state index in [1.165, 1.54) is 30.0 Å². The highest BCUT2D eigenvalue weighted by Gasteiger charge is 2.28. The van der Waals surface area contributed by atoms with E-state index in [0.717, 1.165) is 25.9 Å². The van der Waals surface area contributed by atoms with Gasteiger partial charge in [-0.3, -0.25) is 9.69 Å². The standard InChI is InChI=1S/C23H26FN3O3S2.CH2O2/c1-16-21(12-25-23(22(16)24)32(28,29)14-19-13-31-15-26-19)30-20-8-10-27(11-9-20)17(2)18-6-4-3-5-7-18;2-1-3/h3-7,12-13,15,17,20H,8-11,14H2,1-2H3;1H,(H,2,3)/t17-;/m1./s1. The number of ether oxygens (including phenoxy) is 1. The molecule has 35 heavy (non-hydrogen) atoms. The highest BCUT2D eigenvalue weighted by molar-refractivity contribution is 7.90. The summed E-state index contributed by atoms with van der Waals surface area (Å²) < 4.78 is 46.2. The molecule has 0 radical (unpaired) electrons. The van der Waals surface area contributed by atoms with Crippen molar-refractivity contribution in [2.75, 3.05) is 13.1 Å². The number of piperidine rings is 1. The maximum Gasteiger partial charge on any atom is 0.290 e. The van der Waals surface area contributed by atoms with Crippen molar-refractivity contribution in [1.29, 1.82) is 0 Å². The van der Waals surface area contributed by atoms with Crippen molar-refractivity contribution in [3.05, 3.63) is 70.1 Å². The molecule has 2 aromatic heterocycles. The summed E-state index contributed by atoms with van der Waals surface area (Å²) in [6.45, 7) is 5.22. The highest BCUT2D eigenvalue weighted by Crippen LogP contribution is 2.30. The van der Waals surface area contributed by atoms with Crippen LogP contribution >= 0.6 is 11.3 Å². The minimum absolute atomic E-state index is 0.0633. The van der Waals surface area contributed by atoms with Gasteiger partial charge < -0.3 is 9.84 Å². The third kappa shape index (κ3) is 6.83. The van der Waals surface area contributed by atoms with Crippen molar-refractivity contribution in [1.82, 2.24) is 14.9 Å². The number of nitrogens with zero attached hydrogens (tertiary/aromatic N) is 3. The second-order valence-corrected chi connectivity index (χ2v) is 10.8.